The number of hydrogen-bond acceptors (Lipinski definition) is 3. The molecule has 0 aliphatic heterocycles. The summed E-state index contributed by atoms with van der Waals surface area (Å²) in [5.41, 5.74) is 8.57. The highest BCUT2D eigenvalue weighted by Gasteiger charge is 2.12. The fourth-order valence-electron chi connectivity index (χ4n) is 1.98. The summed E-state index contributed by atoms with van der Waals surface area (Å²) in [6, 6.07) is 11.9. The van der Waals surface area contributed by atoms with Crippen molar-refractivity contribution in [1.82, 2.24) is 10.2 Å². The summed E-state index contributed by atoms with van der Waals surface area (Å²) in [6.45, 7) is 2.05. The molecule has 4 heteroatoms. The summed E-state index contributed by atoms with van der Waals surface area (Å²) in [6.07, 6.45) is 0.877. The van der Waals surface area contributed by atoms with Crippen molar-refractivity contribution in [1.29, 1.82) is 0 Å². The number of nitrogens with one attached hydrogen (secondary N) is 1. The summed E-state index contributed by atoms with van der Waals surface area (Å²) in [5, 5.41) is 8.30. The number of para-hydroxylation sites is 1. The Kier molecular flexibility index (Phi) is 2.64. The van der Waals surface area contributed by atoms with E-state index in [-0.39, 0.29) is 6.04 Å². The van der Waals surface area contributed by atoms with Gasteiger partial charge in [0, 0.05) is 11.4 Å². The average molecular weight is 241 g/mol. The molecule has 18 heavy (non-hydrogen) atoms. The van der Waals surface area contributed by atoms with E-state index in [4.69, 9.17) is 10.2 Å². The lowest BCUT2D eigenvalue weighted by Gasteiger charge is -2.02. The zero-order valence-corrected chi connectivity index (χ0v) is 10.2. The molecule has 0 aliphatic carbocycles. The minimum atomic E-state index is -0.00405. The van der Waals surface area contributed by atoms with Crippen LogP contribution in [0.15, 0.2) is 40.8 Å². The maximum absolute atomic E-state index is 5.96. The van der Waals surface area contributed by atoms with Gasteiger partial charge in [-0.05, 0) is 24.6 Å². The van der Waals surface area contributed by atoms with Gasteiger partial charge in [0.15, 0.2) is 5.76 Å². The van der Waals surface area contributed by atoms with Crippen LogP contribution in [0.3, 0.4) is 0 Å². The van der Waals surface area contributed by atoms with Gasteiger partial charge in [-0.3, -0.25) is 5.10 Å². The standard InChI is InChI=1S/C14H15N3O/c1-2-10(15)11-8-12(17-16-11)14-7-9-5-3-4-6-13(9)18-14/h3-8,10H,2,15H2,1H3,(H,16,17). The Morgan fingerprint density at radius 1 is 1.33 bits per heavy atom. The van der Waals surface area contributed by atoms with Crippen molar-refractivity contribution >= 4 is 11.0 Å². The third kappa shape index (κ3) is 1.80. The molecule has 1 unspecified atom stereocenters. The van der Waals surface area contributed by atoms with E-state index in [9.17, 15) is 0 Å². The van der Waals surface area contributed by atoms with Gasteiger partial charge in [-0.25, -0.2) is 0 Å². The van der Waals surface area contributed by atoms with Crippen molar-refractivity contribution in [2.75, 3.05) is 0 Å². The number of furan rings is 1. The largest absolute Gasteiger partial charge is 0.454 e. The molecule has 0 fully saturated rings. The molecular weight excluding hydrogens is 226 g/mol. The fourth-order valence-corrected chi connectivity index (χ4v) is 1.98. The number of nitrogens with two attached hydrogens (primary N) is 1. The molecule has 3 aromatic rings. The van der Waals surface area contributed by atoms with Crippen molar-refractivity contribution in [2.45, 2.75) is 19.4 Å². The van der Waals surface area contributed by atoms with E-state index in [1.807, 2.05) is 43.3 Å². The molecule has 0 spiro atoms. The molecule has 1 atom stereocenters. The number of hydrogen-bond donors (Lipinski definition) is 2. The normalized spacial score (nSPS) is 13.0. The van der Waals surface area contributed by atoms with Gasteiger partial charge >= 0.3 is 0 Å². The summed E-state index contributed by atoms with van der Waals surface area (Å²) < 4.78 is 5.76. The highest BCUT2D eigenvalue weighted by atomic mass is 16.3. The number of aromatic amines is 1. The van der Waals surface area contributed by atoms with Gasteiger partial charge in [-0.15, -0.1) is 0 Å². The van der Waals surface area contributed by atoms with Gasteiger partial charge in [-0.2, -0.15) is 5.10 Å². The lowest BCUT2D eigenvalue weighted by molar-refractivity contribution is 0.628. The molecule has 92 valence electrons. The Bertz CT molecular complexity index is 635. The summed E-state index contributed by atoms with van der Waals surface area (Å²) >= 11 is 0. The Morgan fingerprint density at radius 3 is 2.94 bits per heavy atom. The van der Waals surface area contributed by atoms with Gasteiger partial charge in [0.2, 0.25) is 0 Å². The molecule has 1 aromatic carbocycles. The van der Waals surface area contributed by atoms with Gasteiger partial charge in [0.05, 0.1) is 5.69 Å². The van der Waals surface area contributed by atoms with Crippen molar-refractivity contribution in [3.63, 3.8) is 0 Å². The number of aromatic nitrogens is 2. The van der Waals surface area contributed by atoms with Gasteiger partial charge in [-0.1, -0.05) is 25.1 Å². The first-order chi connectivity index (χ1) is 8.78. The Hall–Kier alpha value is -2.07. The Morgan fingerprint density at radius 2 is 2.17 bits per heavy atom. The van der Waals surface area contributed by atoms with Crippen molar-refractivity contribution in [3.05, 3.63) is 42.1 Å². The molecule has 3 N–H and O–H groups in total. The maximum Gasteiger partial charge on any atom is 0.155 e. The third-order valence-electron chi connectivity index (χ3n) is 3.11. The first kappa shape index (κ1) is 11.0. The van der Waals surface area contributed by atoms with Gasteiger partial charge < -0.3 is 10.2 Å². The van der Waals surface area contributed by atoms with Crippen LogP contribution in [0.1, 0.15) is 25.1 Å². The van der Waals surface area contributed by atoms with E-state index in [2.05, 4.69) is 10.2 Å². The summed E-state index contributed by atoms with van der Waals surface area (Å²) in [4.78, 5) is 0. The Balaban J connectivity index is 2.01. The first-order valence-electron chi connectivity index (χ1n) is 6.07. The predicted molar refractivity (Wildman–Crippen MR) is 71.0 cm³/mol. The van der Waals surface area contributed by atoms with Crippen LogP contribution in [0.4, 0.5) is 0 Å². The summed E-state index contributed by atoms with van der Waals surface area (Å²) in [5.74, 6) is 0.766. The molecule has 0 radical (unpaired) electrons. The molecule has 4 nitrogen and oxygen atoms in total. The third-order valence-corrected chi connectivity index (χ3v) is 3.11. The second-order valence-corrected chi connectivity index (χ2v) is 4.37. The highest BCUT2D eigenvalue weighted by molar-refractivity contribution is 5.82. The molecule has 0 saturated carbocycles. The van der Waals surface area contributed by atoms with Crippen LogP contribution in [-0.4, -0.2) is 10.2 Å². The van der Waals surface area contributed by atoms with Crippen LogP contribution >= 0.6 is 0 Å². The molecule has 2 aromatic heterocycles. The molecular formula is C14H15N3O. The smallest absolute Gasteiger partial charge is 0.155 e. The van der Waals surface area contributed by atoms with E-state index < -0.39 is 0 Å². The van der Waals surface area contributed by atoms with Crippen LogP contribution in [0.25, 0.3) is 22.4 Å². The van der Waals surface area contributed by atoms with Crippen LogP contribution in [0, 0.1) is 0 Å². The van der Waals surface area contributed by atoms with E-state index in [0.29, 0.717) is 0 Å². The Labute approximate surface area is 105 Å². The summed E-state index contributed by atoms with van der Waals surface area (Å²) in [7, 11) is 0. The number of fused-ring (bicyclic) bond motifs is 1. The van der Waals surface area contributed by atoms with E-state index in [1.54, 1.807) is 0 Å². The number of benzene rings is 1. The quantitative estimate of drug-likeness (QED) is 0.739. The van der Waals surface area contributed by atoms with Crippen molar-refractivity contribution < 1.29 is 4.42 Å². The number of H-pyrrole nitrogens is 1. The monoisotopic (exact) mass is 241 g/mol. The molecule has 2 heterocycles. The molecule has 0 saturated heterocycles. The molecule has 3 rings (SSSR count). The van der Waals surface area contributed by atoms with Crippen molar-refractivity contribution in [3.8, 4) is 11.5 Å². The predicted octanol–water partition coefficient (Wildman–Crippen LogP) is 3.23. The van der Waals surface area contributed by atoms with Gasteiger partial charge in [0.1, 0.15) is 11.3 Å². The molecule has 0 aliphatic rings. The fraction of sp³-hybridized carbons (Fsp3) is 0.214. The number of nitrogens with zero attached hydrogens (tertiary/aromatic N) is 1. The maximum atomic E-state index is 5.96. The lowest BCUT2D eigenvalue weighted by atomic mass is 10.1. The van der Waals surface area contributed by atoms with Gasteiger partial charge in [0.25, 0.3) is 0 Å². The van der Waals surface area contributed by atoms with Crippen LogP contribution in [0.2, 0.25) is 0 Å². The second kappa shape index (κ2) is 4.31. The van der Waals surface area contributed by atoms with E-state index >= 15 is 0 Å². The van der Waals surface area contributed by atoms with Crippen LogP contribution in [0.5, 0.6) is 0 Å². The van der Waals surface area contributed by atoms with Crippen LogP contribution in [-0.2, 0) is 0 Å². The molecule has 0 amide bonds. The minimum Gasteiger partial charge on any atom is -0.454 e. The van der Waals surface area contributed by atoms with Crippen LogP contribution < -0.4 is 5.73 Å². The van der Waals surface area contributed by atoms with E-state index in [1.165, 1.54) is 0 Å². The molecule has 0 bridgehead atoms. The first-order valence-corrected chi connectivity index (χ1v) is 6.07. The topological polar surface area (TPSA) is 67.8 Å². The average Bonchev–Trinajstić information content (AvgIpc) is 3.03. The van der Waals surface area contributed by atoms with E-state index in [0.717, 1.165) is 34.5 Å². The SMILES string of the molecule is CCC(N)c1cc(-c2cc3ccccc3o2)n[nH]1. The zero-order valence-electron chi connectivity index (χ0n) is 10.2. The van der Waals surface area contributed by atoms with Crippen molar-refractivity contribution in [2.24, 2.45) is 5.73 Å². The lowest BCUT2D eigenvalue weighted by Crippen LogP contribution is -2.08. The second-order valence-electron chi connectivity index (χ2n) is 4.37. The zero-order chi connectivity index (χ0) is 12.5. The highest BCUT2D eigenvalue weighted by Crippen LogP contribution is 2.27. The minimum absolute atomic E-state index is 0.00405. The number of rotatable bonds is 3.